The van der Waals surface area contributed by atoms with E-state index in [4.69, 9.17) is 0 Å². The van der Waals surface area contributed by atoms with Crippen molar-refractivity contribution >= 4 is 11.8 Å². The van der Waals surface area contributed by atoms with Crippen molar-refractivity contribution in [3.05, 3.63) is 42.0 Å². The number of rotatable bonds is 5. The van der Waals surface area contributed by atoms with Crippen molar-refractivity contribution in [3.8, 4) is 0 Å². The second kappa shape index (κ2) is 6.21. The van der Waals surface area contributed by atoms with E-state index in [0.29, 0.717) is 5.56 Å². The van der Waals surface area contributed by atoms with Crippen LogP contribution in [-0.4, -0.2) is 16.1 Å². The molecule has 2 rings (SSSR count). The van der Waals surface area contributed by atoms with Gasteiger partial charge in [-0.25, -0.2) is 9.37 Å². The largest absolute Gasteiger partial charge is 0.329 e. The Bertz CT molecular complexity index is 553. The van der Waals surface area contributed by atoms with Crippen LogP contribution in [0.3, 0.4) is 0 Å². The predicted molar refractivity (Wildman–Crippen MR) is 75.8 cm³/mol. The van der Waals surface area contributed by atoms with Gasteiger partial charge in [-0.05, 0) is 25.6 Å². The molecule has 0 fully saturated rings. The molecule has 19 heavy (non-hydrogen) atoms. The Morgan fingerprint density at radius 1 is 1.47 bits per heavy atom. The third-order valence-electron chi connectivity index (χ3n) is 2.93. The fourth-order valence-corrected chi connectivity index (χ4v) is 3.03. The smallest absolute Gasteiger partial charge is 0.172 e. The van der Waals surface area contributed by atoms with Gasteiger partial charge in [0.1, 0.15) is 5.82 Å². The molecular weight excluding hydrogens is 261 g/mol. The van der Waals surface area contributed by atoms with Gasteiger partial charge < -0.3 is 9.88 Å². The second-order valence-corrected chi connectivity index (χ2v) is 5.36. The van der Waals surface area contributed by atoms with Gasteiger partial charge in [0.2, 0.25) is 0 Å². The van der Waals surface area contributed by atoms with Crippen LogP contribution in [0.25, 0.3) is 0 Å². The summed E-state index contributed by atoms with van der Waals surface area (Å²) in [6, 6.07) is 5.16. The lowest BCUT2D eigenvalue weighted by Crippen LogP contribution is -2.19. The van der Waals surface area contributed by atoms with E-state index in [9.17, 15) is 4.39 Å². The molecule has 0 aliphatic heterocycles. The van der Waals surface area contributed by atoms with Gasteiger partial charge in [0, 0.05) is 35.9 Å². The number of hydrogen-bond acceptors (Lipinski definition) is 3. The van der Waals surface area contributed by atoms with Gasteiger partial charge >= 0.3 is 0 Å². The van der Waals surface area contributed by atoms with Gasteiger partial charge in [0.05, 0.1) is 0 Å². The Morgan fingerprint density at radius 3 is 2.89 bits per heavy atom. The van der Waals surface area contributed by atoms with Crippen LogP contribution in [-0.2, 0) is 7.05 Å². The van der Waals surface area contributed by atoms with Gasteiger partial charge in [-0.3, -0.25) is 0 Å². The highest BCUT2D eigenvalue weighted by molar-refractivity contribution is 7.99. The van der Waals surface area contributed by atoms with Gasteiger partial charge in [0.15, 0.2) is 5.16 Å². The minimum Gasteiger partial charge on any atom is -0.329 e. The summed E-state index contributed by atoms with van der Waals surface area (Å²) in [4.78, 5) is 5.18. The van der Waals surface area contributed by atoms with Crippen LogP contribution in [0.1, 0.15) is 25.5 Å². The van der Waals surface area contributed by atoms with E-state index in [1.807, 2.05) is 37.7 Å². The maximum absolute atomic E-state index is 14.1. The van der Waals surface area contributed by atoms with Gasteiger partial charge in [0.25, 0.3) is 0 Å². The average molecular weight is 279 g/mol. The minimum absolute atomic E-state index is 0.0195. The molecule has 5 heteroatoms. The van der Waals surface area contributed by atoms with Crippen molar-refractivity contribution in [2.24, 2.45) is 7.05 Å². The molecule has 1 aromatic heterocycles. The first-order valence-corrected chi connectivity index (χ1v) is 7.12. The normalized spacial score (nSPS) is 12.6. The predicted octanol–water partition coefficient (Wildman–Crippen LogP) is 3.38. The molecule has 3 nitrogen and oxygen atoms in total. The molecule has 2 aromatic rings. The molecule has 0 saturated carbocycles. The molecular formula is C14H18FN3S. The Balaban J connectivity index is 2.34. The molecule has 0 saturated heterocycles. The molecule has 0 radical (unpaired) electrons. The third kappa shape index (κ3) is 3.16. The van der Waals surface area contributed by atoms with E-state index >= 15 is 0 Å². The minimum atomic E-state index is -0.173. The van der Waals surface area contributed by atoms with E-state index in [1.54, 1.807) is 12.3 Å². The third-order valence-corrected chi connectivity index (χ3v) is 4.09. The van der Waals surface area contributed by atoms with Crippen molar-refractivity contribution in [1.82, 2.24) is 14.9 Å². The number of benzene rings is 1. The van der Waals surface area contributed by atoms with Gasteiger partial charge in [-0.1, -0.05) is 24.8 Å². The van der Waals surface area contributed by atoms with Crippen LogP contribution in [0.15, 0.2) is 40.6 Å². The number of nitrogens with zero attached hydrogens (tertiary/aromatic N) is 2. The highest BCUT2D eigenvalue weighted by Crippen LogP contribution is 2.33. The summed E-state index contributed by atoms with van der Waals surface area (Å²) in [5, 5.41) is 4.11. The van der Waals surface area contributed by atoms with Gasteiger partial charge in [-0.15, -0.1) is 0 Å². The summed E-state index contributed by atoms with van der Waals surface area (Å²) < 4.78 is 16.0. The first kappa shape index (κ1) is 14.1. The fourth-order valence-electron chi connectivity index (χ4n) is 1.98. The van der Waals surface area contributed by atoms with E-state index in [-0.39, 0.29) is 11.9 Å². The Kier molecular flexibility index (Phi) is 4.61. The zero-order chi connectivity index (χ0) is 13.8. The van der Waals surface area contributed by atoms with Crippen molar-refractivity contribution in [2.75, 3.05) is 6.54 Å². The van der Waals surface area contributed by atoms with Crippen LogP contribution >= 0.6 is 11.8 Å². The molecule has 102 valence electrons. The lowest BCUT2D eigenvalue weighted by Gasteiger charge is -2.17. The molecule has 1 atom stereocenters. The lowest BCUT2D eigenvalue weighted by atomic mass is 10.1. The molecule has 1 unspecified atom stereocenters. The SMILES string of the molecule is CCNC(C)c1c(F)cccc1Sc1nccn1C. The summed E-state index contributed by atoms with van der Waals surface area (Å²) in [5.74, 6) is -0.173. The standard InChI is InChI=1S/C14H18FN3S/c1-4-16-10(2)13-11(15)6-5-7-12(13)19-14-17-8-9-18(14)3/h5-10,16H,4H2,1-3H3. The number of aromatic nitrogens is 2. The maximum Gasteiger partial charge on any atom is 0.172 e. The van der Waals surface area contributed by atoms with E-state index in [1.165, 1.54) is 17.8 Å². The van der Waals surface area contributed by atoms with E-state index < -0.39 is 0 Å². The molecule has 1 heterocycles. The Labute approximate surface area is 117 Å². The van der Waals surface area contributed by atoms with E-state index in [0.717, 1.165) is 16.6 Å². The zero-order valence-corrected chi connectivity index (χ0v) is 12.2. The number of hydrogen-bond donors (Lipinski definition) is 1. The molecule has 0 aliphatic rings. The second-order valence-electron chi connectivity index (χ2n) is 4.35. The van der Waals surface area contributed by atoms with Crippen molar-refractivity contribution in [2.45, 2.75) is 29.9 Å². The highest BCUT2D eigenvalue weighted by atomic mass is 32.2. The molecule has 1 aromatic carbocycles. The molecule has 0 spiro atoms. The fraction of sp³-hybridized carbons (Fsp3) is 0.357. The summed E-state index contributed by atoms with van der Waals surface area (Å²) in [6.45, 7) is 4.80. The first-order chi connectivity index (χ1) is 9.13. The zero-order valence-electron chi connectivity index (χ0n) is 11.4. The van der Waals surface area contributed by atoms with Crippen LogP contribution in [0.5, 0.6) is 0 Å². The molecule has 1 N–H and O–H groups in total. The quantitative estimate of drug-likeness (QED) is 0.910. The number of halogens is 1. The Morgan fingerprint density at radius 2 is 2.26 bits per heavy atom. The topological polar surface area (TPSA) is 29.9 Å². The molecule has 0 bridgehead atoms. The summed E-state index contributed by atoms with van der Waals surface area (Å²) >= 11 is 1.49. The summed E-state index contributed by atoms with van der Waals surface area (Å²) in [5.41, 5.74) is 0.706. The summed E-state index contributed by atoms with van der Waals surface area (Å²) in [6.07, 6.45) is 3.63. The first-order valence-electron chi connectivity index (χ1n) is 6.30. The average Bonchev–Trinajstić information content (AvgIpc) is 2.75. The molecule has 0 amide bonds. The van der Waals surface area contributed by atoms with Crippen molar-refractivity contribution < 1.29 is 4.39 Å². The Hall–Kier alpha value is -1.33. The van der Waals surface area contributed by atoms with Crippen LogP contribution in [0.2, 0.25) is 0 Å². The summed E-state index contributed by atoms with van der Waals surface area (Å²) in [7, 11) is 1.93. The maximum atomic E-state index is 14.1. The van der Waals surface area contributed by atoms with Crippen LogP contribution in [0, 0.1) is 5.82 Å². The van der Waals surface area contributed by atoms with Crippen LogP contribution < -0.4 is 5.32 Å². The lowest BCUT2D eigenvalue weighted by molar-refractivity contribution is 0.531. The van der Waals surface area contributed by atoms with Crippen molar-refractivity contribution in [3.63, 3.8) is 0 Å². The van der Waals surface area contributed by atoms with E-state index in [2.05, 4.69) is 10.3 Å². The monoisotopic (exact) mass is 279 g/mol. The van der Waals surface area contributed by atoms with Crippen LogP contribution in [0.4, 0.5) is 4.39 Å². The number of nitrogens with one attached hydrogen (secondary N) is 1. The highest BCUT2D eigenvalue weighted by Gasteiger charge is 2.16. The molecule has 0 aliphatic carbocycles. The van der Waals surface area contributed by atoms with Crippen molar-refractivity contribution in [1.29, 1.82) is 0 Å². The number of aryl methyl sites for hydroxylation is 1. The number of imidazole rings is 1. The van der Waals surface area contributed by atoms with Gasteiger partial charge in [-0.2, -0.15) is 0 Å².